The van der Waals surface area contributed by atoms with E-state index < -0.39 is 11.7 Å². The van der Waals surface area contributed by atoms with Crippen molar-refractivity contribution in [2.24, 2.45) is 0 Å². The molecule has 3 rings (SSSR count). The number of fused-ring (bicyclic) bond motifs is 1. The number of aromatic nitrogens is 2. The van der Waals surface area contributed by atoms with Crippen LogP contribution in [0.1, 0.15) is 16.8 Å². The first-order valence-electron chi connectivity index (χ1n) is 7.29. The van der Waals surface area contributed by atoms with Gasteiger partial charge in [0.2, 0.25) is 0 Å². The van der Waals surface area contributed by atoms with Crippen molar-refractivity contribution in [1.29, 1.82) is 0 Å². The van der Waals surface area contributed by atoms with Crippen molar-refractivity contribution in [3.05, 3.63) is 65.2 Å². The SMILES string of the molecule is O=C(NCCCn1ccc2cccnc21)c1c(F)cccc1Cl. The lowest BCUT2D eigenvalue weighted by atomic mass is 10.2. The van der Waals surface area contributed by atoms with Crippen LogP contribution < -0.4 is 5.32 Å². The number of pyridine rings is 1. The van der Waals surface area contributed by atoms with Gasteiger partial charge in [-0.3, -0.25) is 4.79 Å². The molecule has 0 aliphatic carbocycles. The van der Waals surface area contributed by atoms with Crippen molar-refractivity contribution < 1.29 is 9.18 Å². The third-order valence-corrected chi connectivity index (χ3v) is 3.89. The van der Waals surface area contributed by atoms with Crippen LogP contribution in [0.5, 0.6) is 0 Å². The number of hydrogen-bond donors (Lipinski definition) is 1. The molecule has 0 saturated carbocycles. The second-order valence-electron chi connectivity index (χ2n) is 5.13. The van der Waals surface area contributed by atoms with Crippen LogP contribution in [-0.4, -0.2) is 22.0 Å². The fraction of sp³-hybridized carbons (Fsp3) is 0.176. The number of nitrogens with one attached hydrogen (secondary N) is 1. The van der Waals surface area contributed by atoms with Crippen molar-refractivity contribution in [3.8, 4) is 0 Å². The molecule has 1 amide bonds. The summed E-state index contributed by atoms with van der Waals surface area (Å²) in [7, 11) is 0. The third kappa shape index (κ3) is 3.35. The van der Waals surface area contributed by atoms with Crippen LogP contribution in [0, 0.1) is 5.82 Å². The average Bonchev–Trinajstić information content (AvgIpc) is 2.95. The molecule has 0 aliphatic heterocycles. The number of hydrogen-bond acceptors (Lipinski definition) is 2. The molecule has 0 saturated heterocycles. The predicted molar refractivity (Wildman–Crippen MR) is 88.1 cm³/mol. The lowest BCUT2D eigenvalue weighted by molar-refractivity contribution is 0.0949. The van der Waals surface area contributed by atoms with Gasteiger partial charge in [0.15, 0.2) is 0 Å². The third-order valence-electron chi connectivity index (χ3n) is 3.57. The highest BCUT2D eigenvalue weighted by Gasteiger charge is 2.14. The second kappa shape index (κ2) is 6.79. The standard InChI is InChI=1S/C17H15ClFN3O/c18-13-5-1-6-14(19)15(13)17(23)21-9-3-10-22-11-7-12-4-2-8-20-16(12)22/h1-2,4-8,11H,3,9-10H2,(H,21,23). The van der Waals surface area contributed by atoms with Gasteiger partial charge < -0.3 is 9.88 Å². The van der Waals surface area contributed by atoms with Crippen molar-refractivity contribution in [1.82, 2.24) is 14.9 Å². The number of halogens is 2. The van der Waals surface area contributed by atoms with Crippen LogP contribution in [0.4, 0.5) is 4.39 Å². The minimum atomic E-state index is -0.615. The lowest BCUT2D eigenvalue weighted by Crippen LogP contribution is -2.26. The number of nitrogens with zero attached hydrogens (tertiary/aromatic N) is 2. The smallest absolute Gasteiger partial charge is 0.255 e. The van der Waals surface area contributed by atoms with E-state index >= 15 is 0 Å². The molecule has 1 aromatic carbocycles. The molecule has 0 unspecified atom stereocenters. The zero-order valence-corrected chi connectivity index (χ0v) is 13.1. The molecule has 0 spiro atoms. The lowest BCUT2D eigenvalue weighted by Gasteiger charge is -2.08. The number of aryl methyl sites for hydroxylation is 1. The Morgan fingerprint density at radius 2 is 2.13 bits per heavy atom. The summed E-state index contributed by atoms with van der Waals surface area (Å²) in [5.41, 5.74) is 0.804. The maximum absolute atomic E-state index is 13.7. The maximum Gasteiger partial charge on any atom is 0.255 e. The van der Waals surface area contributed by atoms with Crippen LogP contribution >= 0.6 is 11.6 Å². The fourth-order valence-corrected chi connectivity index (χ4v) is 2.70. The van der Waals surface area contributed by atoms with Crippen molar-refractivity contribution >= 4 is 28.5 Å². The van der Waals surface area contributed by atoms with E-state index in [0.29, 0.717) is 19.5 Å². The molecule has 0 aliphatic rings. The van der Waals surface area contributed by atoms with Crippen LogP contribution in [0.3, 0.4) is 0 Å². The molecule has 2 heterocycles. The summed E-state index contributed by atoms with van der Waals surface area (Å²) < 4.78 is 15.7. The maximum atomic E-state index is 13.7. The van der Waals surface area contributed by atoms with Gasteiger partial charge in [0, 0.05) is 30.9 Å². The van der Waals surface area contributed by atoms with E-state index in [-0.39, 0.29) is 10.6 Å². The Morgan fingerprint density at radius 3 is 2.96 bits per heavy atom. The van der Waals surface area contributed by atoms with E-state index in [2.05, 4.69) is 10.3 Å². The molecule has 23 heavy (non-hydrogen) atoms. The summed E-state index contributed by atoms with van der Waals surface area (Å²) >= 11 is 5.87. The topological polar surface area (TPSA) is 46.9 Å². The molecule has 4 nitrogen and oxygen atoms in total. The van der Waals surface area contributed by atoms with Crippen LogP contribution in [0.25, 0.3) is 11.0 Å². The van der Waals surface area contributed by atoms with Gasteiger partial charge in [0.1, 0.15) is 11.5 Å². The number of amides is 1. The molecular weight excluding hydrogens is 317 g/mol. The first kappa shape index (κ1) is 15.5. The van der Waals surface area contributed by atoms with Crippen molar-refractivity contribution in [2.45, 2.75) is 13.0 Å². The monoisotopic (exact) mass is 331 g/mol. The zero-order valence-electron chi connectivity index (χ0n) is 12.3. The van der Waals surface area contributed by atoms with Gasteiger partial charge in [-0.25, -0.2) is 9.37 Å². The first-order chi connectivity index (χ1) is 11.2. The van der Waals surface area contributed by atoms with Gasteiger partial charge >= 0.3 is 0 Å². The van der Waals surface area contributed by atoms with E-state index in [1.807, 2.05) is 29.0 Å². The molecule has 3 aromatic rings. The second-order valence-corrected chi connectivity index (χ2v) is 5.54. The van der Waals surface area contributed by atoms with E-state index in [0.717, 1.165) is 11.0 Å². The van der Waals surface area contributed by atoms with E-state index in [9.17, 15) is 9.18 Å². The number of carbonyl (C=O) groups excluding carboxylic acids is 1. The zero-order chi connectivity index (χ0) is 16.2. The molecule has 0 fully saturated rings. The summed E-state index contributed by atoms with van der Waals surface area (Å²) in [5.74, 6) is -1.11. The Balaban J connectivity index is 1.57. The summed E-state index contributed by atoms with van der Waals surface area (Å²) in [4.78, 5) is 16.3. The number of carbonyl (C=O) groups is 1. The summed E-state index contributed by atoms with van der Waals surface area (Å²) in [6.07, 6.45) is 4.42. The van der Waals surface area contributed by atoms with Crippen molar-refractivity contribution in [3.63, 3.8) is 0 Å². The molecule has 2 aromatic heterocycles. The highest BCUT2D eigenvalue weighted by Crippen LogP contribution is 2.18. The molecule has 118 valence electrons. The van der Waals surface area contributed by atoms with Gasteiger partial charge in [0.25, 0.3) is 5.91 Å². The van der Waals surface area contributed by atoms with Gasteiger partial charge in [0.05, 0.1) is 10.6 Å². The minimum absolute atomic E-state index is 0.109. The largest absolute Gasteiger partial charge is 0.352 e. The fourth-order valence-electron chi connectivity index (χ4n) is 2.46. The van der Waals surface area contributed by atoms with Crippen molar-refractivity contribution in [2.75, 3.05) is 6.54 Å². The summed E-state index contributed by atoms with van der Waals surface area (Å²) in [6.45, 7) is 1.14. The Morgan fingerprint density at radius 1 is 1.26 bits per heavy atom. The normalized spacial score (nSPS) is 10.9. The van der Waals surface area contributed by atoms with Crippen LogP contribution in [-0.2, 0) is 6.54 Å². The Hall–Kier alpha value is -2.40. The molecule has 0 bridgehead atoms. The van der Waals surface area contributed by atoms with Crippen LogP contribution in [0.2, 0.25) is 5.02 Å². The Kier molecular flexibility index (Phi) is 4.57. The van der Waals surface area contributed by atoms with E-state index in [4.69, 9.17) is 11.6 Å². The summed E-state index contributed by atoms with van der Waals surface area (Å²) in [5, 5.41) is 3.89. The molecule has 6 heteroatoms. The molecule has 0 radical (unpaired) electrons. The molecular formula is C17H15ClFN3O. The Labute approximate surface area is 137 Å². The molecule has 1 N–H and O–H groups in total. The number of benzene rings is 1. The van der Waals surface area contributed by atoms with E-state index in [1.165, 1.54) is 18.2 Å². The van der Waals surface area contributed by atoms with Crippen LogP contribution in [0.15, 0.2) is 48.8 Å². The minimum Gasteiger partial charge on any atom is -0.352 e. The van der Waals surface area contributed by atoms with Gasteiger partial charge in [-0.1, -0.05) is 17.7 Å². The average molecular weight is 332 g/mol. The number of rotatable bonds is 5. The highest BCUT2D eigenvalue weighted by molar-refractivity contribution is 6.33. The summed E-state index contributed by atoms with van der Waals surface area (Å²) in [6, 6.07) is 10.1. The van der Waals surface area contributed by atoms with Gasteiger partial charge in [-0.05, 0) is 36.8 Å². The van der Waals surface area contributed by atoms with Gasteiger partial charge in [-0.15, -0.1) is 0 Å². The first-order valence-corrected chi connectivity index (χ1v) is 7.66. The quantitative estimate of drug-likeness (QED) is 0.725. The highest BCUT2D eigenvalue weighted by atomic mass is 35.5. The molecule has 0 atom stereocenters. The Bertz CT molecular complexity index is 826. The van der Waals surface area contributed by atoms with E-state index in [1.54, 1.807) is 6.20 Å². The van der Waals surface area contributed by atoms with Gasteiger partial charge in [-0.2, -0.15) is 0 Å². The predicted octanol–water partition coefficient (Wildman–Crippen LogP) is 3.65.